The predicted molar refractivity (Wildman–Crippen MR) is 117 cm³/mol. The largest absolute Gasteiger partial charge is 0.361 e. The van der Waals surface area contributed by atoms with Crippen LogP contribution in [0.2, 0.25) is 0 Å². The maximum atomic E-state index is 13.0. The maximum Gasteiger partial charge on any atom is 0.228 e. The number of halogens is 1. The van der Waals surface area contributed by atoms with Crippen LogP contribution in [0, 0.1) is 5.82 Å². The first-order chi connectivity index (χ1) is 14.6. The molecule has 30 heavy (non-hydrogen) atoms. The molecule has 2 N–H and O–H groups in total. The van der Waals surface area contributed by atoms with E-state index in [0.29, 0.717) is 16.8 Å². The minimum atomic E-state index is -0.342. The third-order valence-electron chi connectivity index (χ3n) is 4.74. The van der Waals surface area contributed by atoms with Gasteiger partial charge in [0, 0.05) is 28.4 Å². The molecule has 3 aromatic carbocycles. The number of carbonyl (C=O) groups is 2. The number of H-pyrrole nitrogens is 1. The zero-order valence-electron chi connectivity index (χ0n) is 16.1. The number of benzene rings is 3. The number of hydrogen-bond donors (Lipinski definition) is 2. The second kappa shape index (κ2) is 8.57. The number of para-hydroxylation sites is 1. The van der Waals surface area contributed by atoms with Crippen molar-refractivity contribution in [1.29, 1.82) is 0 Å². The summed E-state index contributed by atoms with van der Waals surface area (Å²) >= 11 is 0. The molecule has 0 bridgehead atoms. The van der Waals surface area contributed by atoms with Gasteiger partial charge in [-0.05, 0) is 53.6 Å². The number of ketones is 1. The summed E-state index contributed by atoms with van der Waals surface area (Å²) in [6, 6.07) is 20.5. The molecular formula is C25H19FN2O2. The van der Waals surface area contributed by atoms with Crippen LogP contribution in [0.3, 0.4) is 0 Å². The molecule has 0 aliphatic heterocycles. The highest BCUT2D eigenvalue weighted by atomic mass is 19.1. The lowest BCUT2D eigenvalue weighted by atomic mass is 10.1. The Morgan fingerprint density at radius 3 is 2.60 bits per heavy atom. The van der Waals surface area contributed by atoms with Crippen LogP contribution < -0.4 is 5.32 Å². The number of anilines is 1. The third-order valence-corrected chi connectivity index (χ3v) is 4.74. The minimum absolute atomic E-state index is 0.124. The number of aromatic amines is 1. The van der Waals surface area contributed by atoms with Crippen LogP contribution in [0.25, 0.3) is 17.0 Å². The van der Waals surface area contributed by atoms with Crippen molar-refractivity contribution in [2.24, 2.45) is 0 Å². The molecule has 1 aromatic heterocycles. The number of allylic oxidation sites excluding steroid dienone is 1. The lowest BCUT2D eigenvalue weighted by Crippen LogP contribution is -2.14. The van der Waals surface area contributed by atoms with Gasteiger partial charge in [-0.2, -0.15) is 0 Å². The van der Waals surface area contributed by atoms with Gasteiger partial charge in [0.25, 0.3) is 0 Å². The van der Waals surface area contributed by atoms with Gasteiger partial charge < -0.3 is 10.3 Å². The second-order valence-corrected chi connectivity index (χ2v) is 6.92. The van der Waals surface area contributed by atoms with Crippen molar-refractivity contribution in [3.63, 3.8) is 0 Å². The molecule has 4 aromatic rings. The van der Waals surface area contributed by atoms with Crippen molar-refractivity contribution in [2.45, 2.75) is 6.42 Å². The average Bonchev–Trinajstić information content (AvgIpc) is 3.17. The predicted octanol–water partition coefficient (Wildman–Crippen LogP) is 5.38. The van der Waals surface area contributed by atoms with Gasteiger partial charge in [-0.1, -0.05) is 42.5 Å². The van der Waals surface area contributed by atoms with Crippen LogP contribution in [-0.2, 0) is 11.2 Å². The van der Waals surface area contributed by atoms with Crippen LogP contribution in [-0.4, -0.2) is 16.7 Å². The first-order valence-electron chi connectivity index (χ1n) is 9.51. The molecule has 0 fully saturated rings. The summed E-state index contributed by atoms with van der Waals surface area (Å²) in [6.07, 6.45) is 5.29. The van der Waals surface area contributed by atoms with Gasteiger partial charge in [-0.3, -0.25) is 9.59 Å². The van der Waals surface area contributed by atoms with Crippen LogP contribution in [0.1, 0.15) is 21.5 Å². The molecule has 0 spiro atoms. The number of amides is 1. The Morgan fingerprint density at radius 2 is 1.77 bits per heavy atom. The lowest BCUT2D eigenvalue weighted by Gasteiger charge is -2.07. The molecule has 0 atom stereocenters. The molecule has 4 nitrogen and oxygen atoms in total. The molecular weight excluding hydrogens is 379 g/mol. The van der Waals surface area contributed by atoms with Crippen molar-refractivity contribution in [3.8, 4) is 0 Å². The summed E-state index contributed by atoms with van der Waals surface area (Å²) < 4.78 is 13.0. The number of hydrogen-bond acceptors (Lipinski definition) is 2. The number of aromatic nitrogens is 1. The van der Waals surface area contributed by atoms with Crippen LogP contribution >= 0.6 is 0 Å². The maximum absolute atomic E-state index is 13.0. The Bertz CT molecular complexity index is 1240. The van der Waals surface area contributed by atoms with E-state index < -0.39 is 0 Å². The highest BCUT2D eigenvalue weighted by molar-refractivity contribution is 6.08. The summed E-state index contributed by atoms with van der Waals surface area (Å²) in [5, 5.41) is 3.82. The summed E-state index contributed by atoms with van der Waals surface area (Å²) in [6.45, 7) is 0. The molecule has 0 saturated heterocycles. The topological polar surface area (TPSA) is 62.0 Å². The van der Waals surface area contributed by atoms with Gasteiger partial charge >= 0.3 is 0 Å². The van der Waals surface area contributed by atoms with Gasteiger partial charge in [0.05, 0.1) is 6.42 Å². The SMILES string of the molecule is O=C(Cc1ccc(F)cc1)Nc1cccc(C(=O)/C=C/c2c[nH]c3ccccc23)c1. The van der Waals surface area contributed by atoms with E-state index >= 15 is 0 Å². The molecule has 0 unspecified atom stereocenters. The van der Waals surface area contributed by atoms with E-state index in [1.807, 2.05) is 30.5 Å². The zero-order chi connectivity index (χ0) is 20.9. The summed E-state index contributed by atoms with van der Waals surface area (Å²) in [4.78, 5) is 28.0. The average molecular weight is 398 g/mol. The highest BCUT2D eigenvalue weighted by Crippen LogP contribution is 2.19. The van der Waals surface area contributed by atoms with E-state index in [1.165, 1.54) is 18.2 Å². The third kappa shape index (κ3) is 4.52. The minimum Gasteiger partial charge on any atom is -0.361 e. The molecule has 0 aliphatic carbocycles. The van der Waals surface area contributed by atoms with Gasteiger partial charge in [-0.15, -0.1) is 0 Å². The van der Waals surface area contributed by atoms with E-state index in [2.05, 4.69) is 10.3 Å². The van der Waals surface area contributed by atoms with Crippen molar-refractivity contribution in [2.75, 3.05) is 5.32 Å². The molecule has 0 saturated carbocycles. The first kappa shape index (κ1) is 19.3. The summed E-state index contributed by atoms with van der Waals surface area (Å²) in [5.41, 5.74) is 3.67. The molecule has 5 heteroatoms. The normalized spacial score (nSPS) is 11.1. The van der Waals surface area contributed by atoms with Crippen LogP contribution in [0.5, 0.6) is 0 Å². The fourth-order valence-corrected chi connectivity index (χ4v) is 3.24. The van der Waals surface area contributed by atoms with E-state index in [0.717, 1.165) is 16.5 Å². The molecule has 4 rings (SSSR count). The van der Waals surface area contributed by atoms with E-state index in [9.17, 15) is 14.0 Å². The molecule has 1 heterocycles. The van der Waals surface area contributed by atoms with Gasteiger partial charge in [-0.25, -0.2) is 4.39 Å². The number of fused-ring (bicyclic) bond motifs is 1. The molecule has 0 aliphatic rings. The quantitative estimate of drug-likeness (QED) is 0.338. The van der Waals surface area contributed by atoms with E-state index in [1.54, 1.807) is 42.5 Å². The van der Waals surface area contributed by atoms with Crippen molar-refractivity contribution >= 4 is 34.4 Å². The summed E-state index contributed by atoms with van der Waals surface area (Å²) in [7, 11) is 0. The Labute approximate surface area is 173 Å². The van der Waals surface area contributed by atoms with E-state index in [4.69, 9.17) is 0 Å². The zero-order valence-corrected chi connectivity index (χ0v) is 16.1. The lowest BCUT2D eigenvalue weighted by molar-refractivity contribution is -0.115. The van der Waals surface area contributed by atoms with Crippen molar-refractivity contribution in [3.05, 3.63) is 108 Å². The Hall–Kier alpha value is -3.99. The number of nitrogens with one attached hydrogen (secondary N) is 2. The molecule has 148 valence electrons. The van der Waals surface area contributed by atoms with Gasteiger partial charge in [0.1, 0.15) is 5.82 Å². The van der Waals surface area contributed by atoms with Gasteiger partial charge in [0.15, 0.2) is 5.78 Å². The summed E-state index contributed by atoms with van der Waals surface area (Å²) in [5.74, 6) is -0.735. The standard InChI is InChI=1S/C25H19FN2O2/c26-20-11-8-17(9-12-20)14-25(30)28-21-5-3-4-18(15-21)24(29)13-10-19-16-27-23-7-2-1-6-22(19)23/h1-13,15-16,27H,14H2,(H,28,30)/b13-10+. The van der Waals surface area contributed by atoms with Gasteiger partial charge in [0.2, 0.25) is 5.91 Å². The monoisotopic (exact) mass is 398 g/mol. The molecule has 1 amide bonds. The van der Waals surface area contributed by atoms with Crippen molar-refractivity contribution < 1.29 is 14.0 Å². The second-order valence-electron chi connectivity index (χ2n) is 6.92. The first-order valence-corrected chi connectivity index (χ1v) is 9.51. The Morgan fingerprint density at radius 1 is 0.967 bits per heavy atom. The van der Waals surface area contributed by atoms with Crippen LogP contribution in [0.15, 0.2) is 85.1 Å². The van der Waals surface area contributed by atoms with E-state index in [-0.39, 0.29) is 23.9 Å². The number of rotatable bonds is 6. The molecule has 0 radical (unpaired) electrons. The van der Waals surface area contributed by atoms with Crippen molar-refractivity contribution in [1.82, 2.24) is 4.98 Å². The Kier molecular flexibility index (Phi) is 5.52. The fourth-order valence-electron chi connectivity index (χ4n) is 3.24. The smallest absolute Gasteiger partial charge is 0.228 e. The Balaban J connectivity index is 1.44. The number of carbonyl (C=O) groups excluding carboxylic acids is 2. The highest BCUT2D eigenvalue weighted by Gasteiger charge is 2.08. The van der Waals surface area contributed by atoms with Crippen LogP contribution in [0.4, 0.5) is 10.1 Å². The fraction of sp³-hybridized carbons (Fsp3) is 0.0400.